The predicted octanol–water partition coefficient (Wildman–Crippen LogP) is 2.82. The second kappa shape index (κ2) is 4.02. The van der Waals surface area contributed by atoms with Crippen molar-refractivity contribution in [2.24, 2.45) is 10.8 Å². The monoisotopic (exact) mass is 228 g/mol. The maximum atomic E-state index is 11.5. The van der Waals surface area contributed by atoms with Crippen LogP contribution in [0.15, 0.2) is 0 Å². The SMILES string of the molecule is CCC(CC)(C(=O)O)C1(O)CCC(C)(C)C1. The molecule has 2 N–H and O–H groups in total. The Morgan fingerprint density at radius 2 is 1.75 bits per heavy atom. The molecule has 1 atom stereocenters. The molecule has 0 aromatic rings. The lowest BCUT2D eigenvalue weighted by Crippen LogP contribution is -2.51. The Hall–Kier alpha value is -0.570. The Bertz CT molecular complexity index is 279. The van der Waals surface area contributed by atoms with Gasteiger partial charge in [0.25, 0.3) is 0 Å². The number of carboxylic acids is 1. The van der Waals surface area contributed by atoms with Crippen molar-refractivity contribution in [2.45, 2.75) is 65.4 Å². The van der Waals surface area contributed by atoms with E-state index >= 15 is 0 Å². The first-order valence-corrected chi connectivity index (χ1v) is 6.19. The molecule has 0 heterocycles. The summed E-state index contributed by atoms with van der Waals surface area (Å²) in [4.78, 5) is 11.5. The van der Waals surface area contributed by atoms with Gasteiger partial charge in [-0.1, -0.05) is 27.7 Å². The van der Waals surface area contributed by atoms with Crippen molar-refractivity contribution in [3.63, 3.8) is 0 Å². The summed E-state index contributed by atoms with van der Waals surface area (Å²) in [5.74, 6) is -0.849. The van der Waals surface area contributed by atoms with Crippen LogP contribution in [-0.2, 0) is 4.79 Å². The first-order chi connectivity index (χ1) is 7.23. The minimum absolute atomic E-state index is 0.0553. The number of aliphatic hydroxyl groups is 1. The smallest absolute Gasteiger partial charge is 0.312 e. The third kappa shape index (κ3) is 1.86. The molecule has 1 aliphatic carbocycles. The largest absolute Gasteiger partial charge is 0.481 e. The summed E-state index contributed by atoms with van der Waals surface area (Å²) >= 11 is 0. The first-order valence-electron chi connectivity index (χ1n) is 6.19. The van der Waals surface area contributed by atoms with E-state index in [2.05, 4.69) is 13.8 Å². The van der Waals surface area contributed by atoms with E-state index in [9.17, 15) is 15.0 Å². The van der Waals surface area contributed by atoms with Gasteiger partial charge in [0.15, 0.2) is 0 Å². The molecule has 0 spiro atoms. The molecule has 1 fully saturated rings. The molecule has 16 heavy (non-hydrogen) atoms. The molecular formula is C13H24O3. The van der Waals surface area contributed by atoms with E-state index in [4.69, 9.17) is 0 Å². The third-order valence-electron chi connectivity index (χ3n) is 4.49. The summed E-state index contributed by atoms with van der Waals surface area (Å²) in [6.07, 6.45) is 3.08. The van der Waals surface area contributed by atoms with E-state index in [-0.39, 0.29) is 5.41 Å². The molecule has 94 valence electrons. The fraction of sp³-hybridized carbons (Fsp3) is 0.923. The van der Waals surface area contributed by atoms with Crippen LogP contribution in [0.2, 0.25) is 0 Å². The van der Waals surface area contributed by atoms with Gasteiger partial charge in [-0.2, -0.15) is 0 Å². The number of rotatable bonds is 4. The predicted molar refractivity (Wildman–Crippen MR) is 63.2 cm³/mol. The topological polar surface area (TPSA) is 57.5 Å². The van der Waals surface area contributed by atoms with Crippen molar-refractivity contribution in [3.05, 3.63) is 0 Å². The molecule has 3 nitrogen and oxygen atoms in total. The molecule has 0 aromatic heterocycles. The highest BCUT2D eigenvalue weighted by atomic mass is 16.4. The molecule has 0 radical (unpaired) electrons. The van der Waals surface area contributed by atoms with Crippen LogP contribution in [0.1, 0.15) is 59.8 Å². The zero-order chi connectivity index (χ0) is 12.6. The minimum atomic E-state index is -1.04. The van der Waals surface area contributed by atoms with Crippen LogP contribution >= 0.6 is 0 Å². The molecule has 0 bridgehead atoms. The average Bonchev–Trinajstić information content (AvgIpc) is 2.44. The molecule has 3 heteroatoms. The molecule has 0 aliphatic heterocycles. The summed E-state index contributed by atoms with van der Waals surface area (Å²) in [5.41, 5.74) is -1.95. The number of carboxylic acid groups (broad SMARTS) is 1. The summed E-state index contributed by atoms with van der Waals surface area (Å²) in [6, 6.07) is 0. The van der Waals surface area contributed by atoms with Gasteiger partial charge in [0.05, 0.1) is 11.0 Å². The number of hydrogen-bond acceptors (Lipinski definition) is 2. The maximum absolute atomic E-state index is 11.5. The Kier molecular flexibility index (Phi) is 3.39. The lowest BCUT2D eigenvalue weighted by molar-refractivity contribution is -0.171. The highest BCUT2D eigenvalue weighted by Gasteiger charge is 2.58. The molecule has 1 saturated carbocycles. The van der Waals surface area contributed by atoms with E-state index in [1.54, 1.807) is 0 Å². The molecule has 0 saturated heterocycles. The van der Waals surface area contributed by atoms with E-state index in [0.29, 0.717) is 25.7 Å². The summed E-state index contributed by atoms with van der Waals surface area (Å²) in [7, 11) is 0. The molecule has 1 aliphatic rings. The highest BCUT2D eigenvalue weighted by molar-refractivity contribution is 5.76. The van der Waals surface area contributed by atoms with Crippen molar-refractivity contribution < 1.29 is 15.0 Å². The molecule has 1 rings (SSSR count). The van der Waals surface area contributed by atoms with Gasteiger partial charge in [-0.15, -0.1) is 0 Å². The maximum Gasteiger partial charge on any atom is 0.312 e. The van der Waals surface area contributed by atoms with Gasteiger partial charge in [0, 0.05) is 0 Å². The fourth-order valence-electron chi connectivity index (χ4n) is 3.33. The second-order valence-corrected chi connectivity index (χ2v) is 5.97. The lowest BCUT2D eigenvalue weighted by atomic mass is 9.66. The Morgan fingerprint density at radius 1 is 1.25 bits per heavy atom. The van der Waals surface area contributed by atoms with E-state index in [1.807, 2.05) is 13.8 Å². The van der Waals surface area contributed by atoms with Gasteiger partial charge in [-0.05, 0) is 37.5 Å². The van der Waals surface area contributed by atoms with E-state index < -0.39 is 17.0 Å². The molecule has 0 aromatic carbocycles. The van der Waals surface area contributed by atoms with Gasteiger partial charge in [0.1, 0.15) is 0 Å². The highest BCUT2D eigenvalue weighted by Crippen LogP contribution is 2.54. The van der Waals surface area contributed by atoms with Gasteiger partial charge >= 0.3 is 5.97 Å². The first kappa shape index (κ1) is 13.5. The van der Waals surface area contributed by atoms with Crippen LogP contribution in [-0.4, -0.2) is 21.8 Å². The van der Waals surface area contributed by atoms with Crippen LogP contribution in [0.4, 0.5) is 0 Å². The quantitative estimate of drug-likeness (QED) is 0.778. The van der Waals surface area contributed by atoms with E-state index in [1.165, 1.54) is 0 Å². The average molecular weight is 228 g/mol. The third-order valence-corrected chi connectivity index (χ3v) is 4.49. The molecule has 0 amide bonds. The van der Waals surface area contributed by atoms with Gasteiger partial charge in [-0.3, -0.25) is 4.79 Å². The molecular weight excluding hydrogens is 204 g/mol. The van der Waals surface area contributed by atoms with Crippen molar-refractivity contribution in [3.8, 4) is 0 Å². The Labute approximate surface area is 97.9 Å². The normalized spacial score (nSPS) is 29.3. The summed E-state index contributed by atoms with van der Waals surface area (Å²) in [5, 5.41) is 20.2. The zero-order valence-electron chi connectivity index (χ0n) is 10.8. The fourth-order valence-corrected chi connectivity index (χ4v) is 3.33. The number of hydrogen-bond donors (Lipinski definition) is 2. The number of aliphatic carboxylic acids is 1. The van der Waals surface area contributed by atoms with Crippen molar-refractivity contribution in [1.82, 2.24) is 0 Å². The van der Waals surface area contributed by atoms with Crippen molar-refractivity contribution in [1.29, 1.82) is 0 Å². The van der Waals surface area contributed by atoms with Crippen LogP contribution in [0.25, 0.3) is 0 Å². The van der Waals surface area contributed by atoms with Crippen LogP contribution < -0.4 is 0 Å². The lowest BCUT2D eigenvalue weighted by Gasteiger charge is -2.42. The molecule has 1 unspecified atom stereocenters. The minimum Gasteiger partial charge on any atom is -0.481 e. The Balaban J connectivity index is 3.09. The van der Waals surface area contributed by atoms with Crippen LogP contribution in [0.5, 0.6) is 0 Å². The summed E-state index contributed by atoms with van der Waals surface area (Å²) < 4.78 is 0. The van der Waals surface area contributed by atoms with Crippen LogP contribution in [0, 0.1) is 10.8 Å². The van der Waals surface area contributed by atoms with Gasteiger partial charge in [0.2, 0.25) is 0 Å². The number of carbonyl (C=O) groups is 1. The van der Waals surface area contributed by atoms with Gasteiger partial charge in [-0.25, -0.2) is 0 Å². The summed E-state index contributed by atoms with van der Waals surface area (Å²) in [6.45, 7) is 7.92. The standard InChI is InChI=1S/C13H24O3/c1-5-12(6-2,10(14)15)13(16)8-7-11(3,4)9-13/h16H,5-9H2,1-4H3,(H,14,15). The van der Waals surface area contributed by atoms with Crippen molar-refractivity contribution >= 4 is 5.97 Å². The second-order valence-electron chi connectivity index (χ2n) is 5.97. The van der Waals surface area contributed by atoms with Gasteiger partial charge < -0.3 is 10.2 Å². The van der Waals surface area contributed by atoms with E-state index in [0.717, 1.165) is 6.42 Å². The van der Waals surface area contributed by atoms with Crippen molar-refractivity contribution in [2.75, 3.05) is 0 Å². The Morgan fingerprint density at radius 3 is 2.00 bits per heavy atom. The van der Waals surface area contributed by atoms with Crippen LogP contribution in [0.3, 0.4) is 0 Å². The zero-order valence-corrected chi connectivity index (χ0v) is 10.8.